The normalized spacial score (nSPS) is 37.7. The third-order valence-corrected chi connectivity index (χ3v) is 5.44. The minimum atomic E-state index is -0.717. The van der Waals surface area contributed by atoms with Crippen LogP contribution < -0.4 is 4.74 Å². The van der Waals surface area contributed by atoms with Crippen LogP contribution in [0.2, 0.25) is 5.02 Å². The first-order valence-corrected chi connectivity index (χ1v) is 9.75. The number of ether oxygens (including phenoxy) is 6. The number of halogens is 2. The van der Waals surface area contributed by atoms with Gasteiger partial charge in [-0.05, 0) is 61.8 Å². The fourth-order valence-electron chi connectivity index (χ4n) is 3.56. The molecule has 0 bridgehead atoms. The first-order chi connectivity index (χ1) is 12.1. The van der Waals surface area contributed by atoms with E-state index in [0.717, 1.165) is 4.47 Å². The van der Waals surface area contributed by atoms with Crippen LogP contribution in [0, 0.1) is 0 Å². The van der Waals surface area contributed by atoms with Crippen LogP contribution in [-0.4, -0.2) is 48.9 Å². The molecule has 3 aliphatic heterocycles. The van der Waals surface area contributed by atoms with Crippen molar-refractivity contribution in [3.63, 3.8) is 0 Å². The van der Waals surface area contributed by atoms with Crippen LogP contribution in [0.5, 0.6) is 5.75 Å². The quantitative estimate of drug-likeness (QED) is 0.698. The van der Waals surface area contributed by atoms with E-state index < -0.39 is 17.9 Å². The van der Waals surface area contributed by atoms with Crippen LogP contribution in [0.25, 0.3) is 0 Å². The van der Waals surface area contributed by atoms with Gasteiger partial charge < -0.3 is 28.4 Å². The largest absolute Gasteiger partial charge is 0.461 e. The van der Waals surface area contributed by atoms with Gasteiger partial charge in [0.2, 0.25) is 6.29 Å². The van der Waals surface area contributed by atoms with Crippen molar-refractivity contribution in [3.05, 3.63) is 27.7 Å². The predicted octanol–water partition coefficient (Wildman–Crippen LogP) is 3.88. The standard InChI is InChI=1S/C18H22BrClO6/c1-17(2)21-8-12(24-17)13-14-15(26-18(3,4)25-14)16(23-13)22-11-6-5-9(20)7-10(11)19/h5-7,12-16H,8H2,1-4H3/t12-,13-,14+,15+,16+/m1/s1. The summed E-state index contributed by atoms with van der Waals surface area (Å²) in [7, 11) is 0. The minimum Gasteiger partial charge on any atom is -0.461 e. The zero-order valence-corrected chi connectivity index (χ0v) is 17.4. The molecule has 26 heavy (non-hydrogen) atoms. The highest BCUT2D eigenvalue weighted by Gasteiger charge is 2.60. The number of fused-ring (bicyclic) bond motifs is 1. The van der Waals surface area contributed by atoms with Gasteiger partial charge >= 0.3 is 0 Å². The molecule has 8 heteroatoms. The van der Waals surface area contributed by atoms with E-state index in [1.807, 2.05) is 27.7 Å². The van der Waals surface area contributed by atoms with E-state index in [0.29, 0.717) is 17.4 Å². The number of rotatable bonds is 3. The van der Waals surface area contributed by atoms with Gasteiger partial charge in [0.15, 0.2) is 17.7 Å². The summed E-state index contributed by atoms with van der Waals surface area (Å²) < 4.78 is 36.8. The summed E-state index contributed by atoms with van der Waals surface area (Å²) in [6, 6.07) is 5.32. The molecule has 3 aliphatic rings. The summed E-state index contributed by atoms with van der Waals surface area (Å²) in [6.45, 7) is 7.96. The molecule has 0 aliphatic carbocycles. The molecule has 3 heterocycles. The zero-order valence-electron chi connectivity index (χ0n) is 15.0. The molecule has 0 unspecified atom stereocenters. The van der Waals surface area contributed by atoms with Crippen LogP contribution in [0.3, 0.4) is 0 Å². The van der Waals surface area contributed by atoms with Gasteiger partial charge in [0.05, 0.1) is 11.1 Å². The molecule has 0 amide bonds. The highest BCUT2D eigenvalue weighted by molar-refractivity contribution is 9.10. The van der Waals surface area contributed by atoms with Gasteiger partial charge in [-0.25, -0.2) is 0 Å². The van der Waals surface area contributed by atoms with Gasteiger partial charge in [-0.2, -0.15) is 0 Å². The smallest absolute Gasteiger partial charge is 0.229 e. The monoisotopic (exact) mass is 448 g/mol. The van der Waals surface area contributed by atoms with Gasteiger partial charge in [-0.3, -0.25) is 0 Å². The maximum absolute atomic E-state index is 6.16. The van der Waals surface area contributed by atoms with E-state index in [9.17, 15) is 0 Å². The Hall–Kier alpha value is -0.410. The number of benzene rings is 1. The lowest BCUT2D eigenvalue weighted by molar-refractivity contribution is -0.230. The summed E-state index contributed by atoms with van der Waals surface area (Å²) in [6.07, 6.45) is -1.90. The highest BCUT2D eigenvalue weighted by atomic mass is 79.9. The Morgan fingerprint density at radius 3 is 2.42 bits per heavy atom. The van der Waals surface area contributed by atoms with Crippen LogP contribution >= 0.6 is 27.5 Å². The fourth-order valence-corrected chi connectivity index (χ4v) is 4.33. The third kappa shape index (κ3) is 3.63. The van der Waals surface area contributed by atoms with Crippen molar-refractivity contribution < 1.29 is 28.4 Å². The lowest BCUT2D eigenvalue weighted by Crippen LogP contribution is -2.40. The topological polar surface area (TPSA) is 55.4 Å². The second-order valence-electron chi connectivity index (χ2n) is 7.59. The maximum Gasteiger partial charge on any atom is 0.229 e. The third-order valence-electron chi connectivity index (χ3n) is 4.58. The van der Waals surface area contributed by atoms with Crippen molar-refractivity contribution in [2.24, 2.45) is 0 Å². The Labute approximate surface area is 166 Å². The van der Waals surface area contributed by atoms with Gasteiger partial charge in [-0.1, -0.05) is 11.6 Å². The van der Waals surface area contributed by atoms with Crippen molar-refractivity contribution in [1.29, 1.82) is 0 Å². The van der Waals surface area contributed by atoms with Crippen molar-refractivity contribution in [1.82, 2.24) is 0 Å². The van der Waals surface area contributed by atoms with Gasteiger partial charge in [0.1, 0.15) is 24.1 Å². The average molecular weight is 450 g/mol. The van der Waals surface area contributed by atoms with Gasteiger partial charge in [-0.15, -0.1) is 0 Å². The first kappa shape index (κ1) is 18.9. The molecule has 0 spiro atoms. The van der Waals surface area contributed by atoms with E-state index in [1.165, 1.54) is 0 Å². The van der Waals surface area contributed by atoms with Crippen LogP contribution in [0.1, 0.15) is 27.7 Å². The van der Waals surface area contributed by atoms with Crippen LogP contribution in [-0.2, 0) is 23.7 Å². The van der Waals surface area contributed by atoms with Crippen molar-refractivity contribution in [3.8, 4) is 5.75 Å². The molecule has 1 aromatic carbocycles. The number of hydrogen-bond acceptors (Lipinski definition) is 6. The van der Waals surface area contributed by atoms with Crippen molar-refractivity contribution in [2.45, 2.75) is 70.0 Å². The van der Waals surface area contributed by atoms with Crippen molar-refractivity contribution >= 4 is 27.5 Å². The lowest BCUT2D eigenvalue weighted by Gasteiger charge is -2.27. The van der Waals surface area contributed by atoms with E-state index in [4.69, 9.17) is 40.0 Å². The fraction of sp³-hybridized carbons (Fsp3) is 0.667. The molecule has 0 radical (unpaired) electrons. The van der Waals surface area contributed by atoms with Gasteiger partial charge in [0, 0.05) is 5.02 Å². The maximum atomic E-state index is 6.16. The molecule has 5 atom stereocenters. The zero-order chi connectivity index (χ0) is 18.7. The Balaban J connectivity index is 1.56. The van der Waals surface area contributed by atoms with Crippen molar-refractivity contribution in [2.75, 3.05) is 6.61 Å². The minimum absolute atomic E-state index is 0.253. The molecular formula is C18H22BrClO6. The number of hydrogen-bond donors (Lipinski definition) is 0. The summed E-state index contributed by atoms with van der Waals surface area (Å²) in [5, 5.41) is 0.618. The van der Waals surface area contributed by atoms with E-state index >= 15 is 0 Å². The molecule has 3 saturated heterocycles. The molecule has 144 valence electrons. The summed E-state index contributed by atoms with van der Waals surface area (Å²) in [5.74, 6) is -0.738. The summed E-state index contributed by atoms with van der Waals surface area (Å²) in [4.78, 5) is 0. The average Bonchev–Trinajstić information content (AvgIpc) is 3.13. The van der Waals surface area contributed by atoms with E-state index in [-0.39, 0.29) is 24.4 Å². The van der Waals surface area contributed by atoms with E-state index in [1.54, 1.807) is 18.2 Å². The molecule has 1 aromatic rings. The lowest BCUT2D eigenvalue weighted by atomic mass is 10.1. The molecule has 0 N–H and O–H groups in total. The summed E-state index contributed by atoms with van der Waals surface area (Å²) in [5.41, 5.74) is 0. The Morgan fingerprint density at radius 2 is 1.77 bits per heavy atom. The van der Waals surface area contributed by atoms with Crippen LogP contribution in [0.15, 0.2) is 22.7 Å². The SMILES string of the molecule is CC1(C)O[C@@H]2[C@H](O1)[C@@H](Oc1ccc(Cl)cc1Br)O[C@@H]2[C@H]1COC(C)(C)O1. The molecule has 3 fully saturated rings. The second-order valence-corrected chi connectivity index (χ2v) is 8.88. The highest BCUT2D eigenvalue weighted by Crippen LogP contribution is 2.43. The second kappa shape index (κ2) is 6.58. The molecular weight excluding hydrogens is 428 g/mol. The Bertz CT molecular complexity index is 696. The molecule has 0 aromatic heterocycles. The summed E-state index contributed by atoms with van der Waals surface area (Å²) >= 11 is 9.47. The molecule has 4 rings (SSSR count). The van der Waals surface area contributed by atoms with E-state index in [2.05, 4.69) is 15.9 Å². The Morgan fingerprint density at radius 1 is 1.04 bits per heavy atom. The van der Waals surface area contributed by atoms with Gasteiger partial charge in [0.25, 0.3) is 0 Å². The molecule has 6 nitrogen and oxygen atoms in total. The first-order valence-electron chi connectivity index (χ1n) is 8.58. The van der Waals surface area contributed by atoms with Crippen LogP contribution in [0.4, 0.5) is 0 Å². The molecule has 0 saturated carbocycles. The predicted molar refractivity (Wildman–Crippen MR) is 97.2 cm³/mol. The Kier molecular flexibility index (Phi) is 4.79.